The van der Waals surface area contributed by atoms with Crippen molar-refractivity contribution in [1.29, 1.82) is 0 Å². The van der Waals surface area contributed by atoms with Crippen LogP contribution in [0.4, 0.5) is 4.39 Å². The maximum atomic E-state index is 13.4. The molecule has 1 atom stereocenters. The number of nitrogens with zero attached hydrogens (tertiary/aromatic N) is 3. The van der Waals surface area contributed by atoms with Crippen molar-refractivity contribution in [1.82, 2.24) is 14.7 Å². The summed E-state index contributed by atoms with van der Waals surface area (Å²) in [6.45, 7) is 3.14. The van der Waals surface area contributed by atoms with Gasteiger partial charge in [0.05, 0.1) is 5.75 Å². The Morgan fingerprint density at radius 3 is 2.74 bits per heavy atom. The lowest BCUT2D eigenvalue weighted by molar-refractivity contribution is -0.140. The summed E-state index contributed by atoms with van der Waals surface area (Å²) < 4.78 is 13.4. The minimum atomic E-state index is -0.326. The second-order valence-corrected chi connectivity index (χ2v) is 6.99. The van der Waals surface area contributed by atoms with E-state index in [1.54, 1.807) is 21.9 Å². The number of amides is 2. The van der Waals surface area contributed by atoms with Gasteiger partial charge in [0.25, 0.3) is 0 Å². The van der Waals surface area contributed by atoms with Gasteiger partial charge in [-0.15, -0.1) is 11.8 Å². The van der Waals surface area contributed by atoms with E-state index in [0.717, 1.165) is 18.7 Å². The summed E-state index contributed by atoms with van der Waals surface area (Å²) in [5.74, 6) is -0.0908. The first-order chi connectivity index (χ1) is 11.0. The van der Waals surface area contributed by atoms with Crippen LogP contribution < -0.4 is 0 Å². The minimum absolute atomic E-state index is 0.0321. The Balaban J connectivity index is 1.69. The van der Waals surface area contributed by atoms with Crippen molar-refractivity contribution >= 4 is 23.6 Å². The number of carbonyl (C=O) groups is 2. The third-order valence-electron chi connectivity index (χ3n) is 4.26. The molecule has 2 fully saturated rings. The van der Waals surface area contributed by atoms with E-state index in [-0.39, 0.29) is 29.6 Å². The van der Waals surface area contributed by atoms with Gasteiger partial charge in [0, 0.05) is 26.2 Å². The molecule has 2 heterocycles. The predicted molar refractivity (Wildman–Crippen MR) is 87.4 cm³/mol. The average Bonchev–Trinajstić information content (AvgIpc) is 2.89. The molecule has 1 aromatic rings. The summed E-state index contributed by atoms with van der Waals surface area (Å²) in [4.78, 5) is 30.2. The molecule has 0 aliphatic carbocycles. The summed E-state index contributed by atoms with van der Waals surface area (Å²) in [5.41, 5.74) is 0.729. The van der Waals surface area contributed by atoms with E-state index in [1.807, 2.05) is 7.05 Å². The van der Waals surface area contributed by atoms with Crippen molar-refractivity contribution in [3.8, 4) is 0 Å². The smallest absolute Gasteiger partial charge is 0.242 e. The lowest BCUT2D eigenvalue weighted by Gasteiger charge is -2.34. The topological polar surface area (TPSA) is 43.9 Å². The van der Waals surface area contributed by atoms with Crippen LogP contribution in [0.5, 0.6) is 0 Å². The van der Waals surface area contributed by atoms with Gasteiger partial charge in [0.15, 0.2) is 0 Å². The van der Waals surface area contributed by atoms with Gasteiger partial charge in [-0.2, -0.15) is 0 Å². The number of benzene rings is 1. The number of rotatable bonds is 3. The first-order valence-corrected chi connectivity index (χ1v) is 8.72. The highest BCUT2D eigenvalue weighted by Crippen LogP contribution is 2.38. The zero-order valence-electron chi connectivity index (χ0n) is 13.1. The Bertz CT molecular complexity index is 605. The fourth-order valence-corrected chi connectivity index (χ4v) is 4.04. The molecular weight excluding hydrogens is 317 g/mol. The molecule has 5 nitrogen and oxygen atoms in total. The molecule has 0 unspecified atom stereocenters. The third-order valence-corrected chi connectivity index (χ3v) is 5.52. The molecule has 0 bridgehead atoms. The highest BCUT2D eigenvalue weighted by atomic mass is 32.2. The van der Waals surface area contributed by atoms with E-state index < -0.39 is 0 Å². The van der Waals surface area contributed by atoms with Crippen LogP contribution in [0.1, 0.15) is 10.9 Å². The molecule has 2 saturated heterocycles. The molecule has 7 heteroatoms. The molecule has 0 radical (unpaired) electrons. The lowest BCUT2D eigenvalue weighted by atomic mass is 10.2. The molecular formula is C16H20FN3O2S. The largest absolute Gasteiger partial charge is 0.339 e. The van der Waals surface area contributed by atoms with E-state index >= 15 is 0 Å². The fourth-order valence-electron chi connectivity index (χ4n) is 2.86. The van der Waals surface area contributed by atoms with Crippen molar-refractivity contribution in [2.75, 3.05) is 45.5 Å². The van der Waals surface area contributed by atoms with Crippen LogP contribution in [0.25, 0.3) is 0 Å². The SMILES string of the molecule is CN1CCN(C(=O)CN2C(=O)CS[C@H]2c2cccc(F)c2)CC1. The Labute approximate surface area is 139 Å². The van der Waals surface area contributed by atoms with Gasteiger partial charge in [0.2, 0.25) is 11.8 Å². The number of halogens is 1. The first kappa shape index (κ1) is 16.3. The van der Waals surface area contributed by atoms with E-state index in [2.05, 4.69) is 4.90 Å². The first-order valence-electron chi connectivity index (χ1n) is 7.67. The molecule has 2 amide bonds. The van der Waals surface area contributed by atoms with Gasteiger partial charge in [-0.1, -0.05) is 12.1 Å². The summed E-state index contributed by atoms with van der Waals surface area (Å²) in [7, 11) is 2.03. The van der Waals surface area contributed by atoms with Crippen LogP contribution in [0.3, 0.4) is 0 Å². The van der Waals surface area contributed by atoms with E-state index in [4.69, 9.17) is 0 Å². The van der Waals surface area contributed by atoms with Gasteiger partial charge < -0.3 is 14.7 Å². The standard InChI is InChI=1S/C16H20FN3O2S/c1-18-5-7-19(8-6-18)14(21)10-20-15(22)11-23-16(20)12-3-2-4-13(17)9-12/h2-4,9,16H,5-8,10-11H2,1H3/t16-/m0/s1. The Hall–Kier alpha value is -1.60. The van der Waals surface area contributed by atoms with Gasteiger partial charge in [0.1, 0.15) is 17.7 Å². The zero-order valence-corrected chi connectivity index (χ0v) is 13.9. The average molecular weight is 337 g/mol. The molecule has 0 aromatic heterocycles. The number of thioether (sulfide) groups is 1. The van der Waals surface area contributed by atoms with Crippen molar-refractivity contribution < 1.29 is 14.0 Å². The van der Waals surface area contributed by atoms with Crippen molar-refractivity contribution in [3.63, 3.8) is 0 Å². The second kappa shape index (κ2) is 6.88. The van der Waals surface area contributed by atoms with Crippen LogP contribution >= 0.6 is 11.8 Å². The Morgan fingerprint density at radius 1 is 1.30 bits per heavy atom. The van der Waals surface area contributed by atoms with Crippen LogP contribution in [0.15, 0.2) is 24.3 Å². The summed E-state index contributed by atoms with van der Waals surface area (Å²) in [6, 6.07) is 6.25. The van der Waals surface area contributed by atoms with Crippen LogP contribution in [-0.4, -0.2) is 72.0 Å². The van der Waals surface area contributed by atoms with E-state index in [1.165, 1.54) is 23.9 Å². The monoisotopic (exact) mass is 337 g/mol. The maximum absolute atomic E-state index is 13.4. The van der Waals surface area contributed by atoms with Gasteiger partial charge in [-0.05, 0) is 24.7 Å². The van der Waals surface area contributed by atoms with E-state index in [0.29, 0.717) is 18.8 Å². The minimum Gasteiger partial charge on any atom is -0.339 e. The third kappa shape index (κ3) is 3.67. The molecule has 1 aromatic carbocycles. The van der Waals surface area contributed by atoms with Crippen molar-refractivity contribution in [3.05, 3.63) is 35.6 Å². The lowest BCUT2D eigenvalue weighted by Crippen LogP contribution is -2.50. The normalized spacial score (nSPS) is 22.7. The predicted octanol–water partition coefficient (Wildman–Crippen LogP) is 1.17. The molecule has 2 aliphatic rings. The highest BCUT2D eigenvalue weighted by molar-refractivity contribution is 8.00. The molecule has 0 N–H and O–H groups in total. The molecule has 3 rings (SSSR count). The van der Waals surface area contributed by atoms with Crippen molar-refractivity contribution in [2.45, 2.75) is 5.37 Å². The summed E-state index contributed by atoms with van der Waals surface area (Å²) >= 11 is 1.44. The molecule has 23 heavy (non-hydrogen) atoms. The number of hydrogen-bond acceptors (Lipinski definition) is 4. The molecule has 2 aliphatic heterocycles. The van der Waals surface area contributed by atoms with Crippen molar-refractivity contribution in [2.24, 2.45) is 0 Å². The fraction of sp³-hybridized carbons (Fsp3) is 0.500. The number of carbonyl (C=O) groups excluding carboxylic acids is 2. The van der Waals surface area contributed by atoms with Crippen LogP contribution in [0, 0.1) is 5.82 Å². The van der Waals surface area contributed by atoms with Crippen LogP contribution in [0.2, 0.25) is 0 Å². The van der Waals surface area contributed by atoms with E-state index in [9.17, 15) is 14.0 Å². The maximum Gasteiger partial charge on any atom is 0.242 e. The van der Waals surface area contributed by atoms with Crippen LogP contribution in [-0.2, 0) is 9.59 Å². The summed E-state index contributed by atoms with van der Waals surface area (Å²) in [5, 5.41) is -0.283. The van der Waals surface area contributed by atoms with Gasteiger partial charge in [-0.3, -0.25) is 9.59 Å². The molecule has 124 valence electrons. The number of likely N-dealkylation sites (N-methyl/N-ethyl adjacent to an activating group) is 1. The van der Waals surface area contributed by atoms with Gasteiger partial charge >= 0.3 is 0 Å². The van der Waals surface area contributed by atoms with Gasteiger partial charge in [-0.25, -0.2) is 4.39 Å². The molecule has 0 saturated carbocycles. The second-order valence-electron chi connectivity index (χ2n) is 5.92. The highest BCUT2D eigenvalue weighted by Gasteiger charge is 2.35. The number of hydrogen-bond donors (Lipinski definition) is 0. The zero-order chi connectivity index (χ0) is 16.4. The Kier molecular flexibility index (Phi) is 4.87. The molecule has 0 spiro atoms. The number of piperazine rings is 1. The summed E-state index contributed by atoms with van der Waals surface area (Å²) in [6.07, 6.45) is 0. The Morgan fingerprint density at radius 2 is 2.04 bits per heavy atom. The quantitative estimate of drug-likeness (QED) is 0.831.